The van der Waals surface area contributed by atoms with Crippen molar-refractivity contribution in [3.05, 3.63) is 59.4 Å². The molecule has 0 bridgehead atoms. The van der Waals surface area contributed by atoms with Gasteiger partial charge in [0.1, 0.15) is 4.99 Å². The Labute approximate surface area is 116 Å². The third-order valence-electron chi connectivity index (χ3n) is 2.68. The number of nitrogens with two attached hydrogens (primary N) is 1. The average Bonchev–Trinajstić information content (AvgIpc) is 2.39. The molecule has 0 atom stereocenters. The van der Waals surface area contributed by atoms with Gasteiger partial charge in [-0.1, -0.05) is 12.2 Å². The maximum absolute atomic E-state index is 12.1. The van der Waals surface area contributed by atoms with Crippen molar-refractivity contribution in [2.75, 3.05) is 5.32 Å². The van der Waals surface area contributed by atoms with Crippen LogP contribution in [-0.4, -0.2) is 15.9 Å². The number of anilines is 1. The van der Waals surface area contributed by atoms with Crippen molar-refractivity contribution in [1.29, 1.82) is 0 Å². The predicted molar refractivity (Wildman–Crippen MR) is 79.3 cm³/mol. The van der Waals surface area contributed by atoms with Crippen LogP contribution in [0.2, 0.25) is 0 Å². The molecule has 19 heavy (non-hydrogen) atoms. The Balaban J connectivity index is 2.15. The van der Waals surface area contributed by atoms with Gasteiger partial charge in [-0.2, -0.15) is 0 Å². The molecule has 0 aliphatic heterocycles. The molecule has 1 amide bonds. The molecule has 0 saturated heterocycles. The SMILES string of the molecule is Cc1ncccc1C(=O)Nc1ccc(C(N)=S)cc1. The van der Waals surface area contributed by atoms with E-state index in [1.54, 1.807) is 49.5 Å². The number of thiocarbonyl (C=S) groups is 1. The predicted octanol–water partition coefficient (Wildman–Crippen LogP) is 2.28. The molecule has 3 N–H and O–H groups in total. The summed E-state index contributed by atoms with van der Waals surface area (Å²) in [7, 11) is 0. The van der Waals surface area contributed by atoms with Gasteiger partial charge in [-0.25, -0.2) is 0 Å². The maximum atomic E-state index is 12.1. The topological polar surface area (TPSA) is 68.0 Å². The van der Waals surface area contributed by atoms with Gasteiger partial charge in [0.05, 0.1) is 5.56 Å². The quantitative estimate of drug-likeness (QED) is 0.840. The van der Waals surface area contributed by atoms with Gasteiger partial charge in [-0.05, 0) is 43.3 Å². The smallest absolute Gasteiger partial charge is 0.257 e. The highest BCUT2D eigenvalue weighted by Gasteiger charge is 2.09. The molecule has 0 aliphatic rings. The second kappa shape index (κ2) is 5.58. The first-order valence-corrected chi connectivity index (χ1v) is 6.11. The van der Waals surface area contributed by atoms with Crippen molar-refractivity contribution in [1.82, 2.24) is 4.98 Å². The number of aromatic nitrogens is 1. The van der Waals surface area contributed by atoms with Crippen molar-refractivity contribution < 1.29 is 4.79 Å². The summed E-state index contributed by atoms with van der Waals surface area (Å²) in [6.07, 6.45) is 1.66. The first-order valence-electron chi connectivity index (χ1n) is 5.71. The Morgan fingerprint density at radius 2 is 1.95 bits per heavy atom. The third-order valence-corrected chi connectivity index (χ3v) is 2.91. The van der Waals surface area contributed by atoms with Gasteiger partial charge in [0.15, 0.2) is 0 Å². The zero-order valence-corrected chi connectivity index (χ0v) is 11.2. The number of hydrogen-bond donors (Lipinski definition) is 2. The standard InChI is InChI=1S/C14H13N3OS/c1-9-12(3-2-8-16-9)14(18)17-11-6-4-10(5-7-11)13(15)19/h2-8H,1H3,(H2,15,19)(H,17,18). The first-order chi connectivity index (χ1) is 9.08. The number of amides is 1. The number of nitrogens with zero attached hydrogens (tertiary/aromatic N) is 1. The minimum atomic E-state index is -0.186. The lowest BCUT2D eigenvalue weighted by Gasteiger charge is -2.07. The number of nitrogens with one attached hydrogen (secondary N) is 1. The molecule has 0 fully saturated rings. The van der Waals surface area contributed by atoms with Crippen LogP contribution in [0.1, 0.15) is 21.6 Å². The van der Waals surface area contributed by atoms with E-state index in [2.05, 4.69) is 10.3 Å². The summed E-state index contributed by atoms with van der Waals surface area (Å²) in [5.41, 5.74) is 8.22. The third kappa shape index (κ3) is 3.14. The van der Waals surface area contributed by atoms with Gasteiger partial charge in [-0.3, -0.25) is 9.78 Å². The van der Waals surface area contributed by atoms with Crippen LogP contribution in [0.3, 0.4) is 0 Å². The minimum absolute atomic E-state index is 0.186. The molecule has 1 aromatic carbocycles. The molecule has 2 aromatic rings. The second-order valence-electron chi connectivity index (χ2n) is 4.03. The highest BCUT2D eigenvalue weighted by molar-refractivity contribution is 7.80. The van der Waals surface area contributed by atoms with Crippen molar-refractivity contribution in [3.63, 3.8) is 0 Å². The Morgan fingerprint density at radius 1 is 1.26 bits per heavy atom. The Kier molecular flexibility index (Phi) is 3.87. The number of rotatable bonds is 3. The molecule has 0 spiro atoms. The summed E-state index contributed by atoms with van der Waals surface area (Å²) < 4.78 is 0. The monoisotopic (exact) mass is 271 g/mol. The van der Waals surface area contributed by atoms with Crippen molar-refractivity contribution >= 4 is 28.8 Å². The lowest BCUT2D eigenvalue weighted by Crippen LogP contribution is -2.14. The Morgan fingerprint density at radius 3 is 2.53 bits per heavy atom. The van der Waals surface area contributed by atoms with Gasteiger partial charge < -0.3 is 11.1 Å². The van der Waals surface area contributed by atoms with E-state index in [4.69, 9.17) is 18.0 Å². The van der Waals surface area contributed by atoms with Gasteiger partial charge in [0, 0.05) is 23.1 Å². The van der Waals surface area contributed by atoms with E-state index in [1.165, 1.54) is 0 Å². The van der Waals surface area contributed by atoms with Crippen LogP contribution in [0.5, 0.6) is 0 Å². The number of pyridine rings is 1. The summed E-state index contributed by atoms with van der Waals surface area (Å²) in [6, 6.07) is 10.5. The van der Waals surface area contributed by atoms with Crippen LogP contribution in [0.4, 0.5) is 5.69 Å². The fourth-order valence-electron chi connectivity index (χ4n) is 1.64. The number of benzene rings is 1. The van der Waals surface area contributed by atoms with Gasteiger partial charge in [-0.15, -0.1) is 0 Å². The fraction of sp³-hybridized carbons (Fsp3) is 0.0714. The van der Waals surface area contributed by atoms with Crippen LogP contribution in [-0.2, 0) is 0 Å². The van der Waals surface area contributed by atoms with Crippen LogP contribution in [0.15, 0.2) is 42.6 Å². The van der Waals surface area contributed by atoms with Crippen molar-refractivity contribution in [2.24, 2.45) is 5.73 Å². The molecular weight excluding hydrogens is 258 g/mol. The van der Waals surface area contributed by atoms with Gasteiger partial charge >= 0.3 is 0 Å². The summed E-state index contributed by atoms with van der Waals surface area (Å²) in [5, 5.41) is 2.80. The molecule has 1 aromatic heterocycles. The largest absolute Gasteiger partial charge is 0.389 e. The number of carbonyl (C=O) groups is 1. The molecule has 0 saturated carbocycles. The fourth-order valence-corrected chi connectivity index (χ4v) is 1.78. The first kappa shape index (κ1) is 13.2. The minimum Gasteiger partial charge on any atom is -0.389 e. The lowest BCUT2D eigenvalue weighted by atomic mass is 10.1. The molecular formula is C14H13N3OS. The molecule has 5 heteroatoms. The van der Waals surface area contributed by atoms with Crippen molar-refractivity contribution in [3.8, 4) is 0 Å². The molecule has 0 unspecified atom stereocenters. The summed E-state index contributed by atoms with van der Waals surface area (Å²) >= 11 is 4.87. The molecule has 0 radical (unpaired) electrons. The van der Waals surface area contributed by atoms with E-state index in [9.17, 15) is 4.79 Å². The lowest BCUT2D eigenvalue weighted by molar-refractivity contribution is 0.102. The van der Waals surface area contributed by atoms with E-state index >= 15 is 0 Å². The number of hydrogen-bond acceptors (Lipinski definition) is 3. The molecule has 1 heterocycles. The zero-order valence-electron chi connectivity index (χ0n) is 10.4. The normalized spacial score (nSPS) is 9.95. The van der Waals surface area contributed by atoms with E-state index in [1.807, 2.05) is 0 Å². The van der Waals surface area contributed by atoms with Gasteiger partial charge in [0.25, 0.3) is 5.91 Å². The Bertz CT molecular complexity index is 623. The Hall–Kier alpha value is -2.27. The highest BCUT2D eigenvalue weighted by atomic mass is 32.1. The average molecular weight is 271 g/mol. The summed E-state index contributed by atoms with van der Waals surface area (Å²) in [5.74, 6) is -0.186. The number of aryl methyl sites for hydroxylation is 1. The molecule has 4 nitrogen and oxygen atoms in total. The van der Waals surface area contributed by atoms with Crippen LogP contribution in [0, 0.1) is 6.92 Å². The van der Waals surface area contributed by atoms with Gasteiger partial charge in [0.2, 0.25) is 0 Å². The van der Waals surface area contributed by atoms with E-state index in [0.29, 0.717) is 21.9 Å². The highest BCUT2D eigenvalue weighted by Crippen LogP contribution is 2.12. The molecule has 2 rings (SSSR count). The molecule has 96 valence electrons. The number of carbonyl (C=O) groups excluding carboxylic acids is 1. The van der Waals surface area contributed by atoms with Crippen LogP contribution in [0.25, 0.3) is 0 Å². The summed E-state index contributed by atoms with van der Waals surface area (Å²) in [6.45, 7) is 1.80. The molecule has 0 aliphatic carbocycles. The zero-order chi connectivity index (χ0) is 13.8. The van der Waals surface area contributed by atoms with Crippen LogP contribution < -0.4 is 11.1 Å². The van der Waals surface area contributed by atoms with E-state index < -0.39 is 0 Å². The second-order valence-corrected chi connectivity index (χ2v) is 4.47. The van der Waals surface area contributed by atoms with Crippen LogP contribution >= 0.6 is 12.2 Å². The summed E-state index contributed by atoms with van der Waals surface area (Å²) in [4.78, 5) is 16.5. The van der Waals surface area contributed by atoms with Crippen molar-refractivity contribution in [2.45, 2.75) is 6.92 Å². The maximum Gasteiger partial charge on any atom is 0.257 e. The van der Waals surface area contributed by atoms with E-state index in [-0.39, 0.29) is 5.91 Å². The van der Waals surface area contributed by atoms with E-state index in [0.717, 1.165) is 5.56 Å².